The molecule has 1 atom stereocenters. The number of nitrogens with one attached hydrogen (secondary N) is 1. The summed E-state index contributed by atoms with van der Waals surface area (Å²) < 4.78 is 36.9. The van der Waals surface area contributed by atoms with Crippen LogP contribution >= 0.6 is 11.6 Å². The van der Waals surface area contributed by atoms with Crippen LogP contribution in [0.5, 0.6) is 0 Å². The first-order valence-electron chi connectivity index (χ1n) is 7.73. The molecule has 1 N–H and O–H groups in total. The first-order valence-corrected chi connectivity index (χ1v) is 9.60. The third kappa shape index (κ3) is 3.57. The van der Waals surface area contributed by atoms with E-state index in [9.17, 15) is 8.42 Å². The van der Waals surface area contributed by atoms with E-state index >= 15 is 0 Å². The van der Waals surface area contributed by atoms with Gasteiger partial charge in [0, 0.05) is 11.1 Å². The normalized spacial score (nSPS) is 12.9. The number of nitrogens with zero attached hydrogens (tertiary/aromatic N) is 1. The zero-order chi connectivity index (χ0) is 18.0. The zero-order valence-corrected chi connectivity index (χ0v) is 15.3. The van der Waals surface area contributed by atoms with Crippen molar-refractivity contribution in [1.82, 2.24) is 4.98 Å². The summed E-state index contributed by atoms with van der Waals surface area (Å²) in [6, 6.07) is 9.24. The molecule has 3 rings (SSSR count). The molecule has 0 unspecified atom stereocenters. The van der Waals surface area contributed by atoms with Gasteiger partial charge in [0.05, 0.1) is 11.2 Å². The van der Waals surface area contributed by atoms with Gasteiger partial charge in [-0.3, -0.25) is 0 Å². The van der Waals surface area contributed by atoms with Gasteiger partial charge < -0.3 is 14.2 Å². The smallest absolute Gasteiger partial charge is 0.266 e. The van der Waals surface area contributed by atoms with Crippen molar-refractivity contribution in [2.75, 3.05) is 5.32 Å². The summed E-state index contributed by atoms with van der Waals surface area (Å²) in [7, 11) is -3.88. The Morgan fingerprint density at radius 3 is 2.56 bits per heavy atom. The third-order valence-corrected chi connectivity index (χ3v) is 5.63. The lowest BCUT2D eigenvalue weighted by Gasteiger charge is -2.11. The zero-order valence-electron chi connectivity index (χ0n) is 13.7. The number of aromatic nitrogens is 1. The van der Waals surface area contributed by atoms with E-state index in [0.717, 1.165) is 6.42 Å². The topological polar surface area (TPSA) is 85.3 Å². The standard InChI is InChI=1S/C17H17ClN2O4S/c1-3-11(2)19-16-17(20-15(24-16)14-5-4-10-23-14)25(21,22)13-8-6-12(18)7-9-13/h4-11,19H,3H2,1-2H3/t11-/m0/s1. The van der Waals surface area contributed by atoms with E-state index < -0.39 is 9.84 Å². The summed E-state index contributed by atoms with van der Waals surface area (Å²) in [6.45, 7) is 3.91. The summed E-state index contributed by atoms with van der Waals surface area (Å²) in [5.74, 6) is 0.545. The molecule has 132 valence electrons. The predicted octanol–water partition coefficient (Wildman–Crippen LogP) is 4.63. The molecule has 0 aliphatic heterocycles. The Bertz CT molecular complexity index is 947. The maximum absolute atomic E-state index is 13.0. The van der Waals surface area contributed by atoms with Gasteiger partial charge in [-0.25, -0.2) is 8.42 Å². The third-order valence-electron chi connectivity index (χ3n) is 3.70. The summed E-state index contributed by atoms with van der Waals surface area (Å²) in [5.41, 5.74) is 0. The van der Waals surface area contributed by atoms with Crippen LogP contribution in [0.2, 0.25) is 5.02 Å². The fourth-order valence-corrected chi connectivity index (χ4v) is 3.53. The lowest BCUT2D eigenvalue weighted by atomic mass is 10.3. The number of anilines is 1. The Balaban J connectivity index is 2.10. The van der Waals surface area contributed by atoms with E-state index in [1.807, 2.05) is 13.8 Å². The van der Waals surface area contributed by atoms with Crippen LogP contribution in [0.3, 0.4) is 0 Å². The lowest BCUT2D eigenvalue weighted by Crippen LogP contribution is -2.15. The number of halogens is 1. The molecule has 3 aromatic rings. The minimum absolute atomic E-state index is 0.0107. The van der Waals surface area contributed by atoms with Crippen molar-refractivity contribution in [3.05, 3.63) is 47.7 Å². The van der Waals surface area contributed by atoms with Crippen LogP contribution in [-0.4, -0.2) is 19.4 Å². The highest BCUT2D eigenvalue weighted by Crippen LogP contribution is 2.33. The largest absolute Gasteiger partial charge is 0.459 e. The van der Waals surface area contributed by atoms with Gasteiger partial charge in [-0.15, -0.1) is 0 Å². The van der Waals surface area contributed by atoms with Crippen molar-refractivity contribution < 1.29 is 17.3 Å². The molecule has 1 aromatic carbocycles. The van der Waals surface area contributed by atoms with Crippen LogP contribution in [-0.2, 0) is 9.84 Å². The van der Waals surface area contributed by atoms with Crippen LogP contribution in [0, 0.1) is 0 Å². The number of hydrogen-bond donors (Lipinski definition) is 1. The molecular formula is C17H17ClN2O4S. The molecule has 0 aliphatic rings. The van der Waals surface area contributed by atoms with Gasteiger partial charge in [0.25, 0.3) is 5.89 Å². The fourth-order valence-electron chi connectivity index (χ4n) is 2.14. The van der Waals surface area contributed by atoms with Gasteiger partial charge in [-0.05, 0) is 49.7 Å². The average Bonchev–Trinajstić information content (AvgIpc) is 3.24. The number of oxazole rings is 1. The van der Waals surface area contributed by atoms with E-state index in [4.69, 9.17) is 20.4 Å². The molecule has 2 heterocycles. The molecule has 0 aliphatic carbocycles. The Kier molecular flexibility index (Phi) is 4.87. The Morgan fingerprint density at radius 2 is 1.96 bits per heavy atom. The van der Waals surface area contributed by atoms with Crippen molar-refractivity contribution in [2.24, 2.45) is 0 Å². The van der Waals surface area contributed by atoms with Crippen molar-refractivity contribution >= 4 is 27.3 Å². The Labute approximate surface area is 150 Å². The van der Waals surface area contributed by atoms with Crippen molar-refractivity contribution in [2.45, 2.75) is 36.2 Å². The van der Waals surface area contributed by atoms with Crippen LogP contribution < -0.4 is 5.32 Å². The highest BCUT2D eigenvalue weighted by atomic mass is 35.5. The quantitative estimate of drug-likeness (QED) is 0.670. The second-order valence-electron chi connectivity index (χ2n) is 5.54. The second kappa shape index (κ2) is 6.93. The monoisotopic (exact) mass is 380 g/mol. The molecule has 0 bridgehead atoms. The van der Waals surface area contributed by atoms with E-state index in [1.165, 1.54) is 30.5 Å². The van der Waals surface area contributed by atoms with Crippen LogP contribution in [0.4, 0.5) is 5.88 Å². The molecule has 0 fully saturated rings. The number of hydrogen-bond acceptors (Lipinski definition) is 6. The minimum atomic E-state index is -3.88. The maximum atomic E-state index is 13.0. The van der Waals surface area contributed by atoms with Crippen LogP contribution in [0.1, 0.15) is 20.3 Å². The molecule has 6 nitrogen and oxygen atoms in total. The van der Waals surface area contributed by atoms with Crippen molar-refractivity contribution in [1.29, 1.82) is 0 Å². The SMILES string of the molecule is CC[C@H](C)Nc1oc(-c2ccco2)nc1S(=O)(=O)c1ccc(Cl)cc1. The number of sulfone groups is 1. The molecule has 0 spiro atoms. The highest BCUT2D eigenvalue weighted by Gasteiger charge is 2.29. The molecule has 2 aromatic heterocycles. The molecule has 25 heavy (non-hydrogen) atoms. The molecule has 0 saturated heterocycles. The molecule has 8 heteroatoms. The average molecular weight is 381 g/mol. The van der Waals surface area contributed by atoms with Gasteiger partial charge in [0.2, 0.25) is 20.7 Å². The highest BCUT2D eigenvalue weighted by molar-refractivity contribution is 7.91. The molecular weight excluding hydrogens is 364 g/mol. The van der Waals surface area contributed by atoms with Crippen molar-refractivity contribution in [3.63, 3.8) is 0 Å². The second-order valence-corrected chi connectivity index (χ2v) is 7.84. The van der Waals surface area contributed by atoms with E-state index in [2.05, 4.69) is 10.3 Å². The maximum Gasteiger partial charge on any atom is 0.266 e. The minimum Gasteiger partial charge on any atom is -0.459 e. The van der Waals surface area contributed by atoms with E-state index in [1.54, 1.807) is 12.1 Å². The van der Waals surface area contributed by atoms with Crippen LogP contribution in [0.15, 0.2) is 61.4 Å². The molecule has 0 radical (unpaired) electrons. The van der Waals surface area contributed by atoms with Gasteiger partial charge in [-0.1, -0.05) is 18.5 Å². The predicted molar refractivity (Wildman–Crippen MR) is 94.5 cm³/mol. The summed E-state index contributed by atoms with van der Waals surface area (Å²) in [4.78, 5) is 4.25. The van der Waals surface area contributed by atoms with Gasteiger partial charge in [-0.2, -0.15) is 4.98 Å². The fraction of sp³-hybridized carbons (Fsp3) is 0.235. The lowest BCUT2D eigenvalue weighted by molar-refractivity contribution is 0.518. The molecule has 0 saturated carbocycles. The Morgan fingerprint density at radius 1 is 1.24 bits per heavy atom. The van der Waals surface area contributed by atoms with Gasteiger partial charge in [0.1, 0.15) is 0 Å². The van der Waals surface area contributed by atoms with Gasteiger partial charge in [0.15, 0.2) is 5.76 Å². The van der Waals surface area contributed by atoms with E-state index in [0.29, 0.717) is 10.8 Å². The number of benzene rings is 1. The van der Waals surface area contributed by atoms with Crippen molar-refractivity contribution in [3.8, 4) is 11.7 Å². The number of furan rings is 1. The number of rotatable bonds is 6. The van der Waals surface area contributed by atoms with E-state index in [-0.39, 0.29) is 27.7 Å². The molecule has 0 amide bonds. The summed E-state index contributed by atoms with van der Waals surface area (Å²) in [5, 5.41) is 3.33. The summed E-state index contributed by atoms with van der Waals surface area (Å²) >= 11 is 5.84. The summed E-state index contributed by atoms with van der Waals surface area (Å²) in [6.07, 6.45) is 2.26. The first-order chi connectivity index (χ1) is 11.9. The van der Waals surface area contributed by atoms with Gasteiger partial charge >= 0.3 is 0 Å². The Hall–Kier alpha value is -2.25. The van der Waals surface area contributed by atoms with Crippen LogP contribution in [0.25, 0.3) is 11.7 Å². The first kappa shape index (κ1) is 17.6.